The number of nitrogen functional groups attached to an aromatic ring is 1. The molecule has 1 aromatic heterocycles. The van der Waals surface area contributed by atoms with Gasteiger partial charge < -0.3 is 10.7 Å². The third-order valence-corrected chi connectivity index (χ3v) is 4.26. The molecule has 0 aliphatic carbocycles. The standard InChI is InChI=1S/C15H19N3OS/c1-9(2)13-14(16)17-12(18-15(13)19)8-20-11-7-5-4-6-10(11)3/h4-7,9H,8H2,1-3H3,(H3,16,17,18,19). The van der Waals surface area contributed by atoms with Gasteiger partial charge >= 0.3 is 0 Å². The lowest BCUT2D eigenvalue weighted by molar-refractivity contribution is 0.824. The van der Waals surface area contributed by atoms with Crippen LogP contribution in [0.3, 0.4) is 0 Å². The number of aromatic amines is 1. The molecule has 0 saturated carbocycles. The number of nitrogens with zero attached hydrogens (tertiary/aromatic N) is 1. The number of H-pyrrole nitrogens is 1. The number of benzene rings is 1. The molecule has 0 atom stereocenters. The number of aryl methyl sites for hydroxylation is 1. The van der Waals surface area contributed by atoms with Gasteiger partial charge in [-0.25, -0.2) is 4.98 Å². The van der Waals surface area contributed by atoms with E-state index >= 15 is 0 Å². The number of hydrogen-bond acceptors (Lipinski definition) is 4. The first-order valence-electron chi connectivity index (χ1n) is 6.56. The second-order valence-electron chi connectivity index (χ2n) is 5.02. The van der Waals surface area contributed by atoms with Crippen molar-refractivity contribution < 1.29 is 0 Å². The summed E-state index contributed by atoms with van der Waals surface area (Å²) in [6.45, 7) is 5.93. The molecular formula is C15H19N3OS. The number of rotatable bonds is 4. The zero-order valence-corrected chi connectivity index (χ0v) is 12.8. The van der Waals surface area contributed by atoms with Crippen LogP contribution in [0.2, 0.25) is 0 Å². The normalized spacial score (nSPS) is 11.0. The van der Waals surface area contributed by atoms with E-state index in [1.165, 1.54) is 10.5 Å². The number of thioether (sulfide) groups is 1. The first kappa shape index (κ1) is 14.7. The van der Waals surface area contributed by atoms with Crippen LogP contribution in [0.5, 0.6) is 0 Å². The second kappa shape index (κ2) is 6.13. The Hall–Kier alpha value is -1.75. The van der Waals surface area contributed by atoms with Crippen molar-refractivity contribution in [2.75, 3.05) is 5.73 Å². The van der Waals surface area contributed by atoms with Crippen molar-refractivity contribution in [3.05, 3.63) is 51.6 Å². The molecule has 2 rings (SSSR count). The quantitative estimate of drug-likeness (QED) is 0.848. The Balaban J connectivity index is 2.20. The van der Waals surface area contributed by atoms with Crippen molar-refractivity contribution in [1.29, 1.82) is 0 Å². The summed E-state index contributed by atoms with van der Waals surface area (Å²) < 4.78 is 0. The molecule has 0 fully saturated rings. The van der Waals surface area contributed by atoms with Crippen LogP contribution < -0.4 is 11.3 Å². The molecule has 5 heteroatoms. The number of anilines is 1. The van der Waals surface area contributed by atoms with E-state index < -0.39 is 0 Å². The van der Waals surface area contributed by atoms with Gasteiger partial charge in [-0.2, -0.15) is 0 Å². The molecule has 106 valence electrons. The van der Waals surface area contributed by atoms with Crippen LogP contribution in [0.25, 0.3) is 0 Å². The highest BCUT2D eigenvalue weighted by Gasteiger charge is 2.12. The monoisotopic (exact) mass is 289 g/mol. The molecule has 0 bridgehead atoms. The number of hydrogen-bond donors (Lipinski definition) is 2. The summed E-state index contributed by atoms with van der Waals surface area (Å²) in [7, 11) is 0. The van der Waals surface area contributed by atoms with Crippen molar-refractivity contribution in [3.63, 3.8) is 0 Å². The Morgan fingerprint density at radius 3 is 2.65 bits per heavy atom. The second-order valence-corrected chi connectivity index (χ2v) is 6.04. The van der Waals surface area contributed by atoms with Crippen molar-refractivity contribution in [1.82, 2.24) is 9.97 Å². The molecule has 0 aliphatic rings. The van der Waals surface area contributed by atoms with Crippen molar-refractivity contribution in [2.45, 2.75) is 37.3 Å². The molecule has 4 nitrogen and oxygen atoms in total. The lowest BCUT2D eigenvalue weighted by atomic mass is 10.1. The van der Waals surface area contributed by atoms with Gasteiger partial charge in [-0.3, -0.25) is 4.79 Å². The van der Waals surface area contributed by atoms with E-state index in [-0.39, 0.29) is 11.5 Å². The minimum atomic E-state index is -0.132. The number of nitrogens with one attached hydrogen (secondary N) is 1. The summed E-state index contributed by atoms with van der Waals surface area (Å²) >= 11 is 1.64. The molecule has 0 saturated heterocycles. The largest absolute Gasteiger partial charge is 0.383 e. The molecule has 3 N–H and O–H groups in total. The zero-order chi connectivity index (χ0) is 14.7. The lowest BCUT2D eigenvalue weighted by Gasteiger charge is -2.09. The van der Waals surface area contributed by atoms with E-state index in [4.69, 9.17) is 5.73 Å². The number of aromatic nitrogens is 2. The maximum absolute atomic E-state index is 12.0. The van der Waals surface area contributed by atoms with Gasteiger partial charge in [0.05, 0.1) is 11.3 Å². The predicted molar refractivity (Wildman–Crippen MR) is 84.1 cm³/mol. The molecule has 0 spiro atoms. The highest BCUT2D eigenvalue weighted by Crippen LogP contribution is 2.25. The van der Waals surface area contributed by atoms with Crippen LogP contribution in [0.1, 0.15) is 36.7 Å². The zero-order valence-electron chi connectivity index (χ0n) is 11.9. The van der Waals surface area contributed by atoms with E-state index in [2.05, 4.69) is 29.0 Å². The van der Waals surface area contributed by atoms with Crippen LogP contribution in [-0.2, 0) is 5.75 Å². The smallest absolute Gasteiger partial charge is 0.256 e. The Morgan fingerprint density at radius 1 is 1.35 bits per heavy atom. The molecule has 0 radical (unpaired) electrons. The van der Waals surface area contributed by atoms with Crippen molar-refractivity contribution in [2.24, 2.45) is 0 Å². The molecular weight excluding hydrogens is 270 g/mol. The highest BCUT2D eigenvalue weighted by atomic mass is 32.2. The van der Waals surface area contributed by atoms with Gasteiger partial charge in [0.25, 0.3) is 5.56 Å². The molecule has 0 aliphatic heterocycles. The Morgan fingerprint density at radius 2 is 2.05 bits per heavy atom. The van der Waals surface area contributed by atoms with E-state index in [0.717, 1.165) is 0 Å². The van der Waals surface area contributed by atoms with Crippen molar-refractivity contribution in [3.8, 4) is 0 Å². The average molecular weight is 289 g/mol. The first-order valence-corrected chi connectivity index (χ1v) is 7.54. The average Bonchev–Trinajstić information content (AvgIpc) is 2.36. The summed E-state index contributed by atoms with van der Waals surface area (Å²) in [5.74, 6) is 1.63. The molecule has 0 unspecified atom stereocenters. The Bertz CT molecular complexity index is 664. The van der Waals surface area contributed by atoms with Crippen LogP contribution in [0.4, 0.5) is 5.82 Å². The van der Waals surface area contributed by atoms with Gasteiger partial charge in [-0.1, -0.05) is 32.0 Å². The fourth-order valence-electron chi connectivity index (χ4n) is 2.04. The first-order chi connectivity index (χ1) is 9.49. The van der Waals surface area contributed by atoms with Gasteiger partial charge in [-0.05, 0) is 24.5 Å². The third-order valence-electron chi connectivity index (χ3n) is 3.07. The minimum absolute atomic E-state index is 0.0734. The fraction of sp³-hybridized carbons (Fsp3) is 0.333. The highest BCUT2D eigenvalue weighted by molar-refractivity contribution is 7.98. The lowest BCUT2D eigenvalue weighted by Crippen LogP contribution is -2.20. The maximum atomic E-state index is 12.0. The van der Waals surface area contributed by atoms with Gasteiger partial charge in [0.2, 0.25) is 0 Å². The molecule has 1 heterocycles. The Labute approximate surface area is 122 Å². The van der Waals surface area contributed by atoms with Crippen LogP contribution in [-0.4, -0.2) is 9.97 Å². The van der Waals surface area contributed by atoms with Gasteiger partial charge in [0.15, 0.2) is 0 Å². The summed E-state index contributed by atoms with van der Waals surface area (Å²) in [6.07, 6.45) is 0. The summed E-state index contributed by atoms with van der Waals surface area (Å²) in [5, 5.41) is 0. The summed E-state index contributed by atoms with van der Waals surface area (Å²) in [6, 6.07) is 8.13. The van der Waals surface area contributed by atoms with Crippen molar-refractivity contribution >= 4 is 17.6 Å². The maximum Gasteiger partial charge on any atom is 0.256 e. The molecule has 0 amide bonds. The van der Waals surface area contributed by atoms with E-state index in [1.807, 2.05) is 26.0 Å². The topological polar surface area (TPSA) is 71.8 Å². The minimum Gasteiger partial charge on any atom is -0.383 e. The van der Waals surface area contributed by atoms with Crippen LogP contribution in [0, 0.1) is 6.92 Å². The summed E-state index contributed by atoms with van der Waals surface area (Å²) in [4.78, 5) is 20.3. The fourth-order valence-corrected chi connectivity index (χ4v) is 2.94. The molecule has 2 aromatic rings. The van der Waals surface area contributed by atoms with E-state index in [1.54, 1.807) is 11.8 Å². The van der Waals surface area contributed by atoms with Crippen LogP contribution in [0.15, 0.2) is 34.0 Å². The van der Waals surface area contributed by atoms with Gasteiger partial charge in [-0.15, -0.1) is 11.8 Å². The third kappa shape index (κ3) is 3.22. The van der Waals surface area contributed by atoms with E-state index in [9.17, 15) is 4.79 Å². The van der Waals surface area contributed by atoms with E-state index in [0.29, 0.717) is 23.0 Å². The summed E-state index contributed by atoms with van der Waals surface area (Å²) in [5.41, 5.74) is 7.53. The van der Waals surface area contributed by atoms with Gasteiger partial charge in [0.1, 0.15) is 11.6 Å². The number of nitrogens with two attached hydrogens (primary N) is 1. The molecule has 1 aromatic carbocycles. The van der Waals surface area contributed by atoms with Crippen LogP contribution >= 0.6 is 11.8 Å². The Kier molecular flexibility index (Phi) is 4.49. The SMILES string of the molecule is Cc1ccccc1SCc1nc(N)c(C(C)C)c(=O)[nH]1. The predicted octanol–water partition coefficient (Wildman–Crippen LogP) is 3.08. The van der Waals surface area contributed by atoms with Gasteiger partial charge in [0, 0.05) is 4.90 Å². The molecule has 20 heavy (non-hydrogen) atoms.